The SMILES string of the molecule is Cc1sc(N2CCOCC2)nc1CCOc1cccc(C(N)C(=O)OCC(C)C)c1. The van der Waals surface area contributed by atoms with Crippen molar-refractivity contribution in [2.75, 3.05) is 44.4 Å². The predicted octanol–water partition coefficient (Wildman–Crippen LogP) is 3.11. The molecule has 30 heavy (non-hydrogen) atoms. The second kappa shape index (κ2) is 10.7. The van der Waals surface area contributed by atoms with Gasteiger partial charge < -0.3 is 24.8 Å². The topological polar surface area (TPSA) is 86.9 Å². The quantitative estimate of drug-likeness (QED) is 0.608. The summed E-state index contributed by atoms with van der Waals surface area (Å²) in [6.45, 7) is 10.2. The van der Waals surface area contributed by atoms with Crippen molar-refractivity contribution in [1.29, 1.82) is 0 Å². The van der Waals surface area contributed by atoms with Crippen LogP contribution in [0.1, 0.15) is 36.0 Å². The Kier molecular flexibility index (Phi) is 8.07. The molecule has 0 saturated carbocycles. The van der Waals surface area contributed by atoms with E-state index in [1.807, 2.05) is 32.0 Å². The molecule has 0 amide bonds. The van der Waals surface area contributed by atoms with Gasteiger partial charge in [0.15, 0.2) is 5.13 Å². The van der Waals surface area contributed by atoms with Gasteiger partial charge in [0.05, 0.1) is 32.1 Å². The Bertz CT molecular complexity index is 834. The summed E-state index contributed by atoms with van der Waals surface area (Å²) in [6.07, 6.45) is 0.722. The number of carbonyl (C=O) groups is 1. The number of nitrogens with zero attached hydrogens (tertiary/aromatic N) is 2. The molecule has 0 bridgehead atoms. The van der Waals surface area contributed by atoms with Crippen LogP contribution in [0.3, 0.4) is 0 Å². The number of thiazole rings is 1. The fourth-order valence-electron chi connectivity index (χ4n) is 3.07. The minimum Gasteiger partial charge on any atom is -0.493 e. The minimum absolute atomic E-state index is 0.272. The summed E-state index contributed by atoms with van der Waals surface area (Å²) in [4.78, 5) is 20.4. The van der Waals surface area contributed by atoms with Gasteiger partial charge in [-0.15, -0.1) is 11.3 Å². The molecule has 1 aliphatic heterocycles. The number of benzene rings is 1. The van der Waals surface area contributed by atoms with Crippen LogP contribution in [-0.4, -0.2) is 50.5 Å². The van der Waals surface area contributed by atoms with Crippen LogP contribution in [0.25, 0.3) is 0 Å². The Hall–Kier alpha value is -2.16. The fraction of sp³-hybridized carbons (Fsp3) is 0.545. The highest BCUT2D eigenvalue weighted by atomic mass is 32.1. The van der Waals surface area contributed by atoms with Gasteiger partial charge in [-0.1, -0.05) is 26.0 Å². The molecule has 2 aromatic rings. The molecule has 7 nitrogen and oxygen atoms in total. The van der Waals surface area contributed by atoms with Gasteiger partial charge in [-0.25, -0.2) is 9.78 Å². The van der Waals surface area contributed by atoms with Crippen molar-refractivity contribution in [1.82, 2.24) is 4.98 Å². The van der Waals surface area contributed by atoms with Crippen molar-refractivity contribution in [3.63, 3.8) is 0 Å². The third-order valence-electron chi connectivity index (χ3n) is 4.80. The lowest BCUT2D eigenvalue weighted by Gasteiger charge is -2.26. The lowest BCUT2D eigenvalue weighted by Crippen LogP contribution is -2.36. The number of ether oxygens (including phenoxy) is 3. The highest BCUT2D eigenvalue weighted by Gasteiger charge is 2.19. The van der Waals surface area contributed by atoms with Crippen LogP contribution in [0.15, 0.2) is 24.3 Å². The Morgan fingerprint density at radius 2 is 2.10 bits per heavy atom. The van der Waals surface area contributed by atoms with E-state index in [9.17, 15) is 4.79 Å². The molecule has 1 fully saturated rings. The first kappa shape index (κ1) is 22.5. The predicted molar refractivity (Wildman–Crippen MR) is 118 cm³/mol. The van der Waals surface area contributed by atoms with Crippen molar-refractivity contribution >= 4 is 22.4 Å². The van der Waals surface area contributed by atoms with Crippen LogP contribution in [-0.2, 0) is 20.7 Å². The number of hydrogen-bond acceptors (Lipinski definition) is 8. The van der Waals surface area contributed by atoms with Gasteiger partial charge in [-0.05, 0) is 30.5 Å². The van der Waals surface area contributed by atoms with Crippen LogP contribution < -0.4 is 15.4 Å². The average Bonchev–Trinajstić information content (AvgIpc) is 3.13. The van der Waals surface area contributed by atoms with Crippen molar-refractivity contribution in [3.05, 3.63) is 40.4 Å². The van der Waals surface area contributed by atoms with E-state index < -0.39 is 12.0 Å². The normalized spacial score (nSPS) is 15.3. The molecule has 8 heteroatoms. The van der Waals surface area contributed by atoms with E-state index in [4.69, 9.17) is 24.9 Å². The Balaban J connectivity index is 1.53. The molecule has 3 rings (SSSR count). The van der Waals surface area contributed by atoms with Gasteiger partial charge in [0, 0.05) is 24.4 Å². The van der Waals surface area contributed by atoms with Crippen molar-refractivity contribution in [2.24, 2.45) is 11.7 Å². The lowest BCUT2D eigenvalue weighted by molar-refractivity contribution is -0.146. The van der Waals surface area contributed by atoms with Crippen molar-refractivity contribution in [2.45, 2.75) is 33.2 Å². The summed E-state index contributed by atoms with van der Waals surface area (Å²) in [5.41, 5.74) is 7.80. The molecule has 1 unspecified atom stereocenters. The number of anilines is 1. The molecular weight excluding hydrogens is 402 g/mol. The van der Waals surface area contributed by atoms with Crippen molar-refractivity contribution in [3.8, 4) is 5.75 Å². The molecule has 0 aliphatic carbocycles. The second-order valence-electron chi connectivity index (χ2n) is 7.77. The molecule has 2 heterocycles. The van der Waals surface area contributed by atoms with Gasteiger partial charge in [-0.2, -0.15) is 0 Å². The van der Waals surface area contributed by atoms with Gasteiger partial charge in [0.1, 0.15) is 11.8 Å². The van der Waals surface area contributed by atoms with E-state index in [1.165, 1.54) is 4.88 Å². The van der Waals surface area contributed by atoms with Crippen molar-refractivity contribution < 1.29 is 19.0 Å². The molecule has 0 spiro atoms. The zero-order valence-electron chi connectivity index (χ0n) is 17.9. The van der Waals surface area contributed by atoms with Crippen LogP contribution >= 0.6 is 11.3 Å². The first-order valence-electron chi connectivity index (χ1n) is 10.4. The van der Waals surface area contributed by atoms with Crippen LogP contribution in [0.2, 0.25) is 0 Å². The van der Waals surface area contributed by atoms with E-state index in [-0.39, 0.29) is 5.92 Å². The van der Waals surface area contributed by atoms with Gasteiger partial charge in [-0.3, -0.25) is 0 Å². The maximum absolute atomic E-state index is 12.1. The second-order valence-corrected chi connectivity index (χ2v) is 8.95. The molecule has 0 radical (unpaired) electrons. The molecule has 1 aromatic carbocycles. The number of esters is 1. The Morgan fingerprint density at radius 1 is 1.33 bits per heavy atom. The minimum atomic E-state index is -0.816. The molecule has 1 atom stereocenters. The van der Waals surface area contributed by atoms with Gasteiger partial charge in [0.2, 0.25) is 0 Å². The molecule has 1 aromatic heterocycles. The van der Waals surface area contributed by atoms with E-state index in [2.05, 4.69) is 11.8 Å². The highest BCUT2D eigenvalue weighted by Crippen LogP contribution is 2.27. The van der Waals surface area contributed by atoms with Crippen LogP contribution in [0.4, 0.5) is 5.13 Å². The Morgan fingerprint density at radius 3 is 2.83 bits per heavy atom. The average molecular weight is 434 g/mol. The number of carbonyl (C=O) groups excluding carboxylic acids is 1. The highest BCUT2D eigenvalue weighted by molar-refractivity contribution is 7.15. The number of aromatic nitrogens is 1. The summed E-state index contributed by atoms with van der Waals surface area (Å²) in [5.74, 6) is 0.532. The first-order chi connectivity index (χ1) is 14.4. The maximum Gasteiger partial charge on any atom is 0.327 e. The van der Waals surface area contributed by atoms with Gasteiger partial charge in [0.25, 0.3) is 0 Å². The number of hydrogen-bond donors (Lipinski definition) is 1. The smallest absolute Gasteiger partial charge is 0.327 e. The summed E-state index contributed by atoms with van der Waals surface area (Å²) >= 11 is 1.72. The lowest BCUT2D eigenvalue weighted by atomic mass is 10.1. The molecular formula is C22H31N3O4S. The van der Waals surface area contributed by atoms with E-state index >= 15 is 0 Å². The summed E-state index contributed by atoms with van der Waals surface area (Å²) in [7, 11) is 0. The first-order valence-corrected chi connectivity index (χ1v) is 11.2. The standard InChI is InChI=1S/C22H31N3O4S/c1-15(2)14-29-21(26)20(23)17-5-4-6-18(13-17)28-10-7-19-16(3)30-22(24-19)25-8-11-27-12-9-25/h4-6,13,15,20H,7-12,14,23H2,1-3H3. The zero-order chi connectivity index (χ0) is 21.5. The Labute approximate surface area is 182 Å². The van der Waals surface area contributed by atoms with Crippen LogP contribution in [0, 0.1) is 12.8 Å². The van der Waals surface area contributed by atoms with E-state index in [0.717, 1.165) is 43.5 Å². The maximum atomic E-state index is 12.1. The molecule has 1 saturated heterocycles. The molecule has 1 aliphatic rings. The third kappa shape index (κ3) is 6.17. The van der Waals surface area contributed by atoms with Crippen LogP contribution in [0.5, 0.6) is 5.75 Å². The fourth-order valence-corrected chi connectivity index (χ4v) is 4.08. The number of aryl methyl sites for hydroxylation is 1. The zero-order valence-corrected chi connectivity index (χ0v) is 18.7. The summed E-state index contributed by atoms with van der Waals surface area (Å²) < 4.78 is 16.6. The number of morpholine rings is 1. The van der Waals surface area contributed by atoms with E-state index in [1.54, 1.807) is 17.4 Å². The van der Waals surface area contributed by atoms with E-state index in [0.29, 0.717) is 24.5 Å². The largest absolute Gasteiger partial charge is 0.493 e. The molecule has 2 N–H and O–H groups in total. The molecule has 164 valence electrons. The summed E-state index contributed by atoms with van der Waals surface area (Å²) in [6, 6.07) is 6.50. The van der Waals surface area contributed by atoms with Gasteiger partial charge >= 0.3 is 5.97 Å². The monoisotopic (exact) mass is 433 g/mol. The third-order valence-corrected chi connectivity index (χ3v) is 5.87. The number of rotatable bonds is 9. The summed E-state index contributed by atoms with van der Waals surface area (Å²) in [5, 5.41) is 1.05. The number of nitrogens with two attached hydrogens (primary N) is 1.